The minimum Gasteiger partial charge on any atom is -0.480 e. The molecule has 7 heteroatoms. The van der Waals surface area contributed by atoms with Crippen LogP contribution in [0.1, 0.15) is 20.3 Å². The summed E-state index contributed by atoms with van der Waals surface area (Å²) >= 11 is 0. The Morgan fingerprint density at radius 3 is 2.35 bits per heavy atom. The minimum absolute atomic E-state index is 0.0446. The van der Waals surface area contributed by atoms with Crippen LogP contribution in [-0.4, -0.2) is 47.5 Å². The number of carboxylic acid groups (broad SMARTS) is 1. The fourth-order valence-corrected chi connectivity index (χ4v) is 1.40. The van der Waals surface area contributed by atoms with Gasteiger partial charge in [0.25, 0.3) is 0 Å². The van der Waals surface area contributed by atoms with Crippen molar-refractivity contribution in [2.45, 2.75) is 20.3 Å². The maximum Gasteiger partial charge on any atom is 0.318 e. The van der Waals surface area contributed by atoms with Crippen molar-refractivity contribution in [1.29, 1.82) is 0 Å². The molecule has 0 aliphatic rings. The Labute approximate surface area is 100.0 Å². The van der Waals surface area contributed by atoms with E-state index >= 15 is 0 Å². The number of carbonyl (C=O) groups excluding carboxylic acids is 2. The van der Waals surface area contributed by atoms with Gasteiger partial charge < -0.3 is 10.8 Å². The van der Waals surface area contributed by atoms with Gasteiger partial charge in [0.2, 0.25) is 5.91 Å². The van der Waals surface area contributed by atoms with Gasteiger partial charge in [-0.15, -0.1) is 0 Å². The van der Waals surface area contributed by atoms with Crippen molar-refractivity contribution in [1.82, 2.24) is 10.2 Å². The molecule has 0 saturated heterocycles. The summed E-state index contributed by atoms with van der Waals surface area (Å²) in [6, 6.07) is -0.899. The van der Waals surface area contributed by atoms with E-state index in [4.69, 9.17) is 10.8 Å². The Morgan fingerprint density at radius 1 is 1.35 bits per heavy atom. The second kappa shape index (κ2) is 7.61. The van der Waals surface area contributed by atoms with E-state index in [1.807, 2.05) is 19.2 Å². The second-order valence-corrected chi connectivity index (χ2v) is 4.19. The number of hydrogen-bond donors (Lipinski definition) is 3. The van der Waals surface area contributed by atoms with Gasteiger partial charge in [-0.05, 0) is 5.92 Å². The fourth-order valence-electron chi connectivity index (χ4n) is 1.40. The van der Waals surface area contributed by atoms with Crippen LogP contribution < -0.4 is 11.1 Å². The molecule has 0 spiro atoms. The quantitative estimate of drug-likeness (QED) is 0.565. The predicted molar refractivity (Wildman–Crippen MR) is 61.3 cm³/mol. The third kappa shape index (κ3) is 9.31. The summed E-state index contributed by atoms with van der Waals surface area (Å²) in [7, 11) is 0. The monoisotopic (exact) mass is 245 g/mol. The average molecular weight is 245 g/mol. The molecular weight excluding hydrogens is 226 g/mol. The van der Waals surface area contributed by atoms with Crippen LogP contribution in [0.15, 0.2) is 0 Å². The Balaban J connectivity index is 4.10. The van der Waals surface area contributed by atoms with Gasteiger partial charge in [-0.3, -0.25) is 19.8 Å². The van der Waals surface area contributed by atoms with E-state index in [2.05, 4.69) is 0 Å². The number of nitrogens with zero attached hydrogens (tertiary/aromatic N) is 1. The van der Waals surface area contributed by atoms with Gasteiger partial charge in [0.1, 0.15) is 0 Å². The standard InChI is InChI=1S/C10H19N3O4/c1-7(2)5-13(6-9(15)16)4-3-8(14)12-10(11)17/h7H,3-6H2,1-2H3,(H,15,16)(H3,11,12,14,17). The summed E-state index contributed by atoms with van der Waals surface area (Å²) in [6.07, 6.45) is 0.0446. The van der Waals surface area contributed by atoms with Gasteiger partial charge in [-0.25, -0.2) is 4.79 Å². The first kappa shape index (κ1) is 15.4. The van der Waals surface area contributed by atoms with Gasteiger partial charge in [-0.1, -0.05) is 13.8 Å². The van der Waals surface area contributed by atoms with E-state index in [-0.39, 0.29) is 19.5 Å². The molecule has 0 aromatic carbocycles. The zero-order chi connectivity index (χ0) is 13.4. The lowest BCUT2D eigenvalue weighted by atomic mass is 10.2. The van der Waals surface area contributed by atoms with E-state index in [9.17, 15) is 14.4 Å². The first-order valence-electron chi connectivity index (χ1n) is 5.34. The summed E-state index contributed by atoms with van der Waals surface area (Å²) in [5, 5.41) is 10.6. The molecule has 3 amide bonds. The molecule has 0 unspecified atom stereocenters. The molecule has 0 bridgehead atoms. The highest BCUT2D eigenvalue weighted by Gasteiger charge is 2.13. The zero-order valence-electron chi connectivity index (χ0n) is 10.1. The van der Waals surface area contributed by atoms with Crippen molar-refractivity contribution in [2.75, 3.05) is 19.6 Å². The largest absolute Gasteiger partial charge is 0.480 e. The van der Waals surface area contributed by atoms with Gasteiger partial charge in [-0.2, -0.15) is 0 Å². The van der Waals surface area contributed by atoms with Gasteiger partial charge in [0.05, 0.1) is 6.54 Å². The molecular formula is C10H19N3O4. The smallest absolute Gasteiger partial charge is 0.318 e. The number of imide groups is 1. The maximum absolute atomic E-state index is 11.1. The Kier molecular flexibility index (Phi) is 6.88. The number of aliphatic carboxylic acids is 1. The van der Waals surface area contributed by atoms with Gasteiger partial charge in [0.15, 0.2) is 0 Å². The molecule has 98 valence electrons. The van der Waals surface area contributed by atoms with Crippen LogP contribution in [0.2, 0.25) is 0 Å². The van der Waals surface area contributed by atoms with Gasteiger partial charge in [0, 0.05) is 19.5 Å². The molecule has 0 heterocycles. The zero-order valence-corrected chi connectivity index (χ0v) is 10.1. The van der Waals surface area contributed by atoms with Crippen LogP contribution >= 0.6 is 0 Å². The van der Waals surface area contributed by atoms with Crippen LogP contribution in [-0.2, 0) is 9.59 Å². The first-order chi connectivity index (χ1) is 7.81. The van der Waals surface area contributed by atoms with E-state index in [0.717, 1.165) is 0 Å². The lowest BCUT2D eigenvalue weighted by Gasteiger charge is -2.21. The third-order valence-electron chi connectivity index (χ3n) is 1.90. The number of carboxylic acids is 1. The molecule has 0 rings (SSSR count). The molecule has 0 aromatic heterocycles. The molecule has 4 N–H and O–H groups in total. The Morgan fingerprint density at radius 2 is 1.94 bits per heavy atom. The minimum atomic E-state index is -0.944. The third-order valence-corrected chi connectivity index (χ3v) is 1.90. The van der Waals surface area contributed by atoms with E-state index in [1.54, 1.807) is 4.90 Å². The van der Waals surface area contributed by atoms with Crippen molar-refractivity contribution in [3.63, 3.8) is 0 Å². The lowest BCUT2D eigenvalue weighted by molar-refractivity contribution is -0.138. The van der Waals surface area contributed by atoms with Crippen LogP contribution in [0.5, 0.6) is 0 Å². The number of primary amides is 1. The van der Waals surface area contributed by atoms with Crippen molar-refractivity contribution < 1.29 is 19.5 Å². The van der Waals surface area contributed by atoms with Crippen molar-refractivity contribution in [3.05, 3.63) is 0 Å². The summed E-state index contributed by atoms with van der Waals surface area (Å²) in [5.74, 6) is -1.15. The molecule has 0 aliphatic carbocycles. The summed E-state index contributed by atoms with van der Waals surface area (Å²) in [5.41, 5.74) is 4.78. The fraction of sp³-hybridized carbons (Fsp3) is 0.700. The molecule has 0 aliphatic heterocycles. The molecule has 0 fully saturated rings. The molecule has 7 nitrogen and oxygen atoms in total. The molecule has 0 atom stereocenters. The highest BCUT2D eigenvalue weighted by atomic mass is 16.4. The highest BCUT2D eigenvalue weighted by Crippen LogP contribution is 1.99. The number of urea groups is 1. The highest BCUT2D eigenvalue weighted by molar-refractivity contribution is 5.93. The van der Waals surface area contributed by atoms with Crippen LogP contribution in [0.4, 0.5) is 4.79 Å². The molecule has 17 heavy (non-hydrogen) atoms. The van der Waals surface area contributed by atoms with E-state index < -0.39 is 17.9 Å². The number of hydrogen-bond acceptors (Lipinski definition) is 4. The summed E-state index contributed by atoms with van der Waals surface area (Å²) in [4.78, 5) is 33.8. The SMILES string of the molecule is CC(C)CN(CCC(=O)NC(N)=O)CC(=O)O. The van der Waals surface area contributed by atoms with Crippen molar-refractivity contribution >= 4 is 17.9 Å². The molecule has 0 aromatic rings. The van der Waals surface area contributed by atoms with Crippen LogP contribution in [0.3, 0.4) is 0 Å². The van der Waals surface area contributed by atoms with E-state index in [1.165, 1.54) is 0 Å². The summed E-state index contributed by atoms with van der Waals surface area (Å²) in [6.45, 7) is 4.65. The molecule has 0 radical (unpaired) electrons. The first-order valence-corrected chi connectivity index (χ1v) is 5.34. The summed E-state index contributed by atoms with van der Waals surface area (Å²) < 4.78 is 0. The number of nitrogens with one attached hydrogen (secondary N) is 1. The molecule has 0 saturated carbocycles. The topological polar surface area (TPSA) is 113 Å². The lowest BCUT2D eigenvalue weighted by Crippen LogP contribution is -2.39. The number of amides is 3. The van der Waals surface area contributed by atoms with E-state index in [0.29, 0.717) is 12.5 Å². The Bertz CT molecular complexity index is 291. The number of rotatable bonds is 7. The Hall–Kier alpha value is -1.63. The second-order valence-electron chi connectivity index (χ2n) is 4.19. The predicted octanol–water partition coefficient (Wildman–Crippen LogP) is -0.386. The average Bonchev–Trinajstić information content (AvgIpc) is 2.11. The maximum atomic E-state index is 11.1. The van der Waals surface area contributed by atoms with Crippen molar-refractivity contribution in [3.8, 4) is 0 Å². The van der Waals surface area contributed by atoms with Crippen molar-refractivity contribution in [2.24, 2.45) is 11.7 Å². The van der Waals surface area contributed by atoms with Crippen LogP contribution in [0.25, 0.3) is 0 Å². The number of nitrogens with two attached hydrogens (primary N) is 1. The number of carbonyl (C=O) groups is 3. The van der Waals surface area contributed by atoms with Gasteiger partial charge >= 0.3 is 12.0 Å². The van der Waals surface area contributed by atoms with Crippen LogP contribution in [0, 0.1) is 5.92 Å². The normalized spacial score (nSPS) is 10.6.